The molecule has 1 atom stereocenters. The number of nitrogens with zero attached hydrogens (tertiary/aromatic N) is 2. The summed E-state index contributed by atoms with van der Waals surface area (Å²) in [4.78, 5) is 4.74. The fourth-order valence-electron chi connectivity index (χ4n) is 5.31. The Kier molecular flexibility index (Phi) is 2.92. The zero-order chi connectivity index (χ0) is 13.7. The van der Waals surface area contributed by atoms with Crippen molar-refractivity contribution in [1.29, 1.82) is 0 Å². The van der Waals surface area contributed by atoms with Crippen LogP contribution in [0.15, 0.2) is 4.52 Å². The monoisotopic (exact) mass is 275 g/mol. The first-order valence-electron chi connectivity index (χ1n) is 8.21. The molecule has 4 nitrogen and oxygen atoms in total. The van der Waals surface area contributed by atoms with Crippen molar-refractivity contribution in [3.05, 3.63) is 11.7 Å². The Labute approximate surface area is 120 Å². The van der Waals surface area contributed by atoms with Gasteiger partial charge in [-0.3, -0.25) is 0 Å². The summed E-state index contributed by atoms with van der Waals surface area (Å²) in [5, 5.41) is 4.36. The van der Waals surface area contributed by atoms with Gasteiger partial charge in [-0.25, -0.2) is 0 Å². The van der Waals surface area contributed by atoms with Crippen LogP contribution in [-0.2, 0) is 11.8 Å². The minimum Gasteiger partial charge on any atom is -0.339 e. The molecule has 1 unspecified atom stereocenters. The summed E-state index contributed by atoms with van der Waals surface area (Å²) >= 11 is 0. The fraction of sp³-hybridized carbons (Fsp3) is 0.875. The first-order valence-corrected chi connectivity index (χ1v) is 8.21. The molecule has 1 aromatic rings. The van der Waals surface area contributed by atoms with Crippen molar-refractivity contribution in [2.45, 2.75) is 69.7 Å². The SMILES string of the molecule is CC(N)CCc1nc(C23CC4CC(CC(C4)C2)C3)no1. The topological polar surface area (TPSA) is 64.9 Å². The molecule has 4 bridgehead atoms. The van der Waals surface area contributed by atoms with Crippen molar-refractivity contribution in [2.75, 3.05) is 0 Å². The standard InChI is InChI=1S/C16H25N3O/c1-10(17)2-3-14-18-15(19-20-14)16-7-11-4-12(8-16)6-13(5-11)9-16/h10-13H,2-9,17H2,1H3. The highest BCUT2D eigenvalue weighted by Gasteiger charge is 2.53. The molecule has 0 amide bonds. The third-order valence-corrected chi connectivity index (χ3v) is 5.79. The summed E-state index contributed by atoms with van der Waals surface area (Å²) in [6.07, 6.45) is 9.99. The molecule has 2 N–H and O–H groups in total. The highest BCUT2D eigenvalue weighted by Crippen LogP contribution is 2.60. The van der Waals surface area contributed by atoms with Crippen molar-refractivity contribution >= 4 is 0 Å². The molecule has 0 aliphatic heterocycles. The van der Waals surface area contributed by atoms with Crippen LogP contribution < -0.4 is 5.73 Å². The molecule has 0 radical (unpaired) electrons. The Balaban J connectivity index is 1.55. The van der Waals surface area contributed by atoms with E-state index in [0.29, 0.717) is 0 Å². The van der Waals surface area contributed by atoms with Crippen molar-refractivity contribution in [2.24, 2.45) is 23.5 Å². The zero-order valence-electron chi connectivity index (χ0n) is 12.3. The molecule has 5 rings (SSSR count). The summed E-state index contributed by atoms with van der Waals surface area (Å²) in [6, 6.07) is 0.199. The summed E-state index contributed by atoms with van der Waals surface area (Å²) in [5.41, 5.74) is 6.06. The van der Waals surface area contributed by atoms with Gasteiger partial charge in [-0.2, -0.15) is 4.98 Å². The smallest absolute Gasteiger partial charge is 0.226 e. The first kappa shape index (κ1) is 12.8. The minimum atomic E-state index is 0.199. The van der Waals surface area contributed by atoms with Gasteiger partial charge in [0.15, 0.2) is 5.82 Å². The van der Waals surface area contributed by atoms with Crippen LogP contribution in [0, 0.1) is 17.8 Å². The summed E-state index contributed by atoms with van der Waals surface area (Å²) in [6.45, 7) is 2.02. The van der Waals surface area contributed by atoms with Gasteiger partial charge in [-0.15, -0.1) is 0 Å². The molecule has 4 fully saturated rings. The Bertz CT molecular complexity index is 458. The van der Waals surface area contributed by atoms with E-state index >= 15 is 0 Å². The quantitative estimate of drug-likeness (QED) is 0.917. The Hall–Kier alpha value is -0.900. The van der Waals surface area contributed by atoms with Gasteiger partial charge in [0.05, 0.1) is 0 Å². The maximum Gasteiger partial charge on any atom is 0.226 e. The Morgan fingerprint density at radius 2 is 1.80 bits per heavy atom. The number of hydrogen-bond acceptors (Lipinski definition) is 4. The Morgan fingerprint density at radius 1 is 1.20 bits per heavy atom. The summed E-state index contributed by atoms with van der Waals surface area (Å²) < 4.78 is 5.49. The number of nitrogens with two attached hydrogens (primary N) is 1. The van der Waals surface area contributed by atoms with Crippen LogP contribution in [0.25, 0.3) is 0 Å². The van der Waals surface area contributed by atoms with Gasteiger partial charge in [0.1, 0.15) is 0 Å². The predicted octanol–water partition coefficient (Wildman–Crippen LogP) is 2.82. The zero-order valence-corrected chi connectivity index (χ0v) is 12.3. The van der Waals surface area contributed by atoms with Crippen molar-refractivity contribution in [1.82, 2.24) is 10.1 Å². The Morgan fingerprint density at radius 3 is 2.35 bits per heavy atom. The van der Waals surface area contributed by atoms with E-state index in [1.807, 2.05) is 6.92 Å². The van der Waals surface area contributed by atoms with Crippen LogP contribution in [0.3, 0.4) is 0 Å². The second kappa shape index (κ2) is 4.55. The fourth-order valence-corrected chi connectivity index (χ4v) is 5.31. The van der Waals surface area contributed by atoms with Gasteiger partial charge < -0.3 is 10.3 Å². The van der Waals surface area contributed by atoms with E-state index < -0.39 is 0 Å². The second-order valence-electron chi connectivity index (χ2n) is 7.73. The number of aryl methyl sites for hydroxylation is 1. The van der Waals surface area contributed by atoms with E-state index in [1.165, 1.54) is 38.5 Å². The van der Waals surface area contributed by atoms with E-state index in [2.05, 4.69) is 5.16 Å². The molecule has 1 heterocycles. The molecule has 4 heteroatoms. The number of hydrogen-bond donors (Lipinski definition) is 1. The van der Waals surface area contributed by atoms with Crippen molar-refractivity contribution in [3.63, 3.8) is 0 Å². The first-order chi connectivity index (χ1) is 9.63. The van der Waals surface area contributed by atoms with E-state index in [0.717, 1.165) is 42.3 Å². The molecule has 4 saturated carbocycles. The predicted molar refractivity (Wildman–Crippen MR) is 76.1 cm³/mol. The van der Waals surface area contributed by atoms with E-state index in [1.54, 1.807) is 0 Å². The van der Waals surface area contributed by atoms with Crippen LogP contribution in [0.1, 0.15) is 63.6 Å². The van der Waals surface area contributed by atoms with Gasteiger partial charge in [-0.05, 0) is 69.6 Å². The van der Waals surface area contributed by atoms with Crippen molar-refractivity contribution < 1.29 is 4.52 Å². The molecule has 0 aromatic carbocycles. The molecule has 1 aromatic heterocycles. The minimum absolute atomic E-state index is 0.199. The molecular formula is C16H25N3O. The van der Waals surface area contributed by atoms with E-state index in [9.17, 15) is 0 Å². The lowest BCUT2D eigenvalue weighted by Crippen LogP contribution is -2.49. The normalized spacial score (nSPS) is 40.2. The van der Waals surface area contributed by atoms with Crippen LogP contribution in [0.4, 0.5) is 0 Å². The van der Waals surface area contributed by atoms with Gasteiger partial charge in [0.2, 0.25) is 5.89 Å². The molecule has 4 aliphatic carbocycles. The number of aromatic nitrogens is 2. The van der Waals surface area contributed by atoms with Crippen LogP contribution in [0.5, 0.6) is 0 Å². The summed E-state index contributed by atoms with van der Waals surface area (Å²) in [5.74, 6) is 4.57. The maximum atomic E-state index is 5.80. The molecular weight excluding hydrogens is 250 g/mol. The van der Waals surface area contributed by atoms with Gasteiger partial charge in [-0.1, -0.05) is 5.16 Å². The van der Waals surface area contributed by atoms with Crippen LogP contribution in [0.2, 0.25) is 0 Å². The lowest BCUT2D eigenvalue weighted by atomic mass is 9.49. The van der Waals surface area contributed by atoms with Crippen LogP contribution in [-0.4, -0.2) is 16.2 Å². The lowest BCUT2D eigenvalue weighted by Gasteiger charge is -2.55. The largest absolute Gasteiger partial charge is 0.339 e. The van der Waals surface area contributed by atoms with Gasteiger partial charge in [0.25, 0.3) is 0 Å². The second-order valence-corrected chi connectivity index (χ2v) is 7.73. The maximum absolute atomic E-state index is 5.80. The third-order valence-electron chi connectivity index (χ3n) is 5.79. The van der Waals surface area contributed by atoms with E-state index in [-0.39, 0.29) is 11.5 Å². The lowest BCUT2D eigenvalue weighted by molar-refractivity contribution is -0.0103. The summed E-state index contributed by atoms with van der Waals surface area (Å²) in [7, 11) is 0. The molecule has 4 aliphatic rings. The van der Waals surface area contributed by atoms with Crippen LogP contribution >= 0.6 is 0 Å². The molecule has 0 spiro atoms. The number of rotatable bonds is 4. The molecule has 0 saturated heterocycles. The van der Waals surface area contributed by atoms with E-state index in [4.69, 9.17) is 15.2 Å². The third kappa shape index (κ3) is 2.09. The highest BCUT2D eigenvalue weighted by molar-refractivity contribution is 5.16. The molecule has 20 heavy (non-hydrogen) atoms. The van der Waals surface area contributed by atoms with Crippen molar-refractivity contribution in [3.8, 4) is 0 Å². The highest BCUT2D eigenvalue weighted by atomic mass is 16.5. The van der Waals surface area contributed by atoms with Gasteiger partial charge >= 0.3 is 0 Å². The average Bonchev–Trinajstić information content (AvgIpc) is 2.84. The average molecular weight is 275 g/mol. The van der Waals surface area contributed by atoms with Gasteiger partial charge in [0, 0.05) is 17.9 Å². The molecule has 110 valence electrons.